The van der Waals surface area contributed by atoms with E-state index in [2.05, 4.69) is 4.74 Å². The number of hydrogen-bond acceptors (Lipinski definition) is 4. The van der Waals surface area contributed by atoms with Gasteiger partial charge in [0, 0.05) is 11.8 Å². The molecule has 0 bridgehead atoms. The first kappa shape index (κ1) is 10.7. The molecule has 0 aromatic heterocycles. The smallest absolute Gasteiger partial charge is 0.311 e. The summed E-state index contributed by atoms with van der Waals surface area (Å²) in [6.45, 7) is 3.41. The van der Waals surface area contributed by atoms with E-state index in [4.69, 9.17) is 5.73 Å². The van der Waals surface area contributed by atoms with E-state index in [-0.39, 0.29) is 17.9 Å². The van der Waals surface area contributed by atoms with Crippen molar-refractivity contribution in [2.75, 3.05) is 6.61 Å². The molecule has 0 heterocycles. The lowest BCUT2D eigenvalue weighted by Gasteiger charge is -2.00. The van der Waals surface area contributed by atoms with Crippen molar-refractivity contribution in [3.63, 3.8) is 0 Å². The second kappa shape index (κ2) is 5.35. The van der Waals surface area contributed by atoms with Crippen LogP contribution in [-0.4, -0.2) is 18.4 Å². The topological polar surface area (TPSA) is 69.4 Å². The highest BCUT2D eigenvalue weighted by molar-refractivity contribution is 5.88. The Hall–Kier alpha value is -1.32. The van der Waals surface area contributed by atoms with Crippen LogP contribution >= 0.6 is 0 Å². The first-order chi connectivity index (χ1) is 5.56. The number of hydrogen-bond donors (Lipinski definition) is 1. The second-order valence-corrected chi connectivity index (χ2v) is 2.31. The molecule has 0 atom stereocenters. The fraction of sp³-hybridized carbons (Fsp3) is 0.500. The zero-order chi connectivity index (χ0) is 9.56. The molecule has 4 heteroatoms. The highest BCUT2D eigenvalue weighted by atomic mass is 16.5. The fourth-order valence-electron chi connectivity index (χ4n) is 0.691. The van der Waals surface area contributed by atoms with Crippen LogP contribution in [0.15, 0.2) is 11.8 Å². The molecule has 0 fully saturated rings. The van der Waals surface area contributed by atoms with Gasteiger partial charge in [0.1, 0.15) is 0 Å². The second-order valence-electron chi connectivity index (χ2n) is 2.31. The Morgan fingerprint density at radius 2 is 2.08 bits per heavy atom. The van der Waals surface area contributed by atoms with E-state index in [9.17, 15) is 9.59 Å². The molecule has 0 unspecified atom stereocenters. The van der Waals surface area contributed by atoms with E-state index in [1.165, 1.54) is 13.0 Å². The van der Waals surface area contributed by atoms with Gasteiger partial charge in [-0.15, -0.1) is 0 Å². The number of carbonyl (C=O) groups excluding carboxylic acids is 2. The van der Waals surface area contributed by atoms with Crippen molar-refractivity contribution in [3.8, 4) is 0 Å². The molecule has 0 rings (SSSR count). The lowest BCUT2D eigenvalue weighted by atomic mass is 10.2. The maximum Gasteiger partial charge on any atom is 0.311 e. The minimum Gasteiger partial charge on any atom is -0.466 e. The summed E-state index contributed by atoms with van der Waals surface area (Å²) in [5, 5.41) is 0. The maximum absolute atomic E-state index is 10.8. The Kier molecular flexibility index (Phi) is 4.76. The number of allylic oxidation sites excluding steroid dienone is 1. The van der Waals surface area contributed by atoms with Crippen LogP contribution in [-0.2, 0) is 14.3 Å². The average Bonchev–Trinajstić information content (AvgIpc) is 1.84. The zero-order valence-electron chi connectivity index (χ0n) is 7.29. The van der Waals surface area contributed by atoms with E-state index in [1.807, 2.05) is 0 Å². The molecule has 12 heavy (non-hydrogen) atoms. The van der Waals surface area contributed by atoms with Crippen molar-refractivity contribution in [2.24, 2.45) is 5.73 Å². The van der Waals surface area contributed by atoms with Crippen LogP contribution in [0.5, 0.6) is 0 Å². The molecular formula is C8H13NO3. The molecule has 0 aromatic rings. The standard InChI is InChI=1S/C8H13NO3/c1-3-12-8(11)5-7(9)4-6(2)10/h4H,3,5,9H2,1-2H3/b7-4-. The number of esters is 1. The summed E-state index contributed by atoms with van der Waals surface area (Å²) >= 11 is 0. The average molecular weight is 171 g/mol. The van der Waals surface area contributed by atoms with Gasteiger partial charge in [-0.1, -0.05) is 0 Å². The summed E-state index contributed by atoms with van der Waals surface area (Å²) < 4.78 is 4.62. The van der Waals surface area contributed by atoms with Gasteiger partial charge in [0.05, 0.1) is 13.0 Å². The van der Waals surface area contributed by atoms with Gasteiger partial charge in [-0.2, -0.15) is 0 Å². The van der Waals surface area contributed by atoms with Crippen LogP contribution in [0.25, 0.3) is 0 Å². The molecule has 4 nitrogen and oxygen atoms in total. The molecule has 0 aliphatic rings. The van der Waals surface area contributed by atoms with Gasteiger partial charge < -0.3 is 10.5 Å². The van der Waals surface area contributed by atoms with Crippen LogP contribution < -0.4 is 5.73 Å². The van der Waals surface area contributed by atoms with Crippen molar-refractivity contribution in [1.82, 2.24) is 0 Å². The third-order valence-electron chi connectivity index (χ3n) is 1.04. The Bertz CT molecular complexity index is 208. The Labute approximate surface area is 71.4 Å². The molecule has 2 N–H and O–H groups in total. The molecule has 0 spiro atoms. The minimum absolute atomic E-state index is 0.0204. The van der Waals surface area contributed by atoms with Crippen molar-refractivity contribution in [1.29, 1.82) is 0 Å². The van der Waals surface area contributed by atoms with Gasteiger partial charge in [0.25, 0.3) is 0 Å². The van der Waals surface area contributed by atoms with Crippen LogP contribution in [0, 0.1) is 0 Å². The molecule has 0 saturated heterocycles. The fourth-order valence-corrected chi connectivity index (χ4v) is 0.691. The maximum atomic E-state index is 10.8. The normalized spacial score (nSPS) is 11.0. The third kappa shape index (κ3) is 5.46. The molecule has 0 aliphatic carbocycles. The van der Waals surface area contributed by atoms with Crippen LogP contribution in [0.3, 0.4) is 0 Å². The molecule has 0 aliphatic heterocycles. The number of rotatable bonds is 4. The SMILES string of the molecule is CCOC(=O)C/C(N)=C/C(C)=O. The van der Waals surface area contributed by atoms with Crippen LogP contribution in [0.2, 0.25) is 0 Å². The number of ketones is 1. The van der Waals surface area contributed by atoms with Crippen molar-refractivity contribution in [2.45, 2.75) is 20.3 Å². The quantitative estimate of drug-likeness (QED) is 0.490. The van der Waals surface area contributed by atoms with Gasteiger partial charge in [0.2, 0.25) is 0 Å². The summed E-state index contributed by atoms with van der Waals surface area (Å²) in [5.41, 5.74) is 5.58. The summed E-state index contributed by atoms with van der Waals surface area (Å²) in [4.78, 5) is 21.3. The van der Waals surface area contributed by atoms with E-state index >= 15 is 0 Å². The Morgan fingerprint density at radius 3 is 2.50 bits per heavy atom. The van der Waals surface area contributed by atoms with E-state index in [0.717, 1.165) is 0 Å². The van der Waals surface area contributed by atoms with Gasteiger partial charge in [-0.05, 0) is 13.8 Å². The summed E-state index contributed by atoms with van der Waals surface area (Å²) in [5.74, 6) is -0.579. The molecule has 0 amide bonds. The first-order valence-corrected chi connectivity index (χ1v) is 3.68. The van der Waals surface area contributed by atoms with Crippen molar-refractivity contribution in [3.05, 3.63) is 11.8 Å². The van der Waals surface area contributed by atoms with Gasteiger partial charge in [-0.3, -0.25) is 9.59 Å². The minimum atomic E-state index is -0.410. The van der Waals surface area contributed by atoms with E-state index < -0.39 is 5.97 Å². The first-order valence-electron chi connectivity index (χ1n) is 3.68. The Balaban J connectivity index is 3.91. The number of nitrogens with two attached hydrogens (primary N) is 1. The molecule has 0 saturated carbocycles. The summed E-state index contributed by atoms with van der Waals surface area (Å²) in [6, 6.07) is 0. The summed E-state index contributed by atoms with van der Waals surface area (Å²) in [6.07, 6.45) is 1.20. The molecule has 0 aromatic carbocycles. The van der Waals surface area contributed by atoms with E-state index in [0.29, 0.717) is 6.61 Å². The molecule has 0 radical (unpaired) electrons. The lowest BCUT2D eigenvalue weighted by molar-refractivity contribution is -0.142. The zero-order valence-corrected chi connectivity index (χ0v) is 7.29. The monoisotopic (exact) mass is 171 g/mol. The Morgan fingerprint density at radius 1 is 1.50 bits per heavy atom. The third-order valence-corrected chi connectivity index (χ3v) is 1.04. The number of carbonyl (C=O) groups is 2. The predicted octanol–water partition coefficient (Wildman–Crippen LogP) is 0.371. The van der Waals surface area contributed by atoms with Crippen LogP contribution in [0.1, 0.15) is 20.3 Å². The predicted molar refractivity (Wildman–Crippen MR) is 44.2 cm³/mol. The van der Waals surface area contributed by atoms with Crippen molar-refractivity contribution >= 4 is 11.8 Å². The highest BCUT2D eigenvalue weighted by Gasteiger charge is 2.03. The van der Waals surface area contributed by atoms with E-state index in [1.54, 1.807) is 6.92 Å². The van der Waals surface area contributed by atoms with Gasteiger partial charge in [0.15, 0.2) is 5.78 Å². The largest absolute Gasteiger partial charge is 0.466 e. The van der Waals surface area contributed by atoms with Gasteiger partial charge in [-0.25, -0.2) is 0 Å². The lowest BCUT2D eigenvalue weighted by Crippen LogP contribution is -2.10. The molecule has 68 valence electrons. The van der Waals surface area contributed by atoms with Crippen molar-refractivity contribution < 1.29 is 14.3 Å². The highest BCUT2D eigenvalue weighted by Crippen LogP contribution is 1.95. The molecular weight excluding hydrogens is 158 g/mol. The van der Waals surface area contributed by atoms with Gasteiger partial charge >= 0.3 is 5.97 Å². The summed E-state index contributed by atoms with van der Waals surface area (Å²) in [7, 11) is 0. The number of ether oxygens (including phenoxy) is 1. The van der Waals surface area contributed by atoms with Crippen LogP contribution in [0.4, 0.5) is 0 Å².